The Hall–Kier alpha value is -4.54. The third-order valence-corrected chi connectivity index (χ3v) is 9.35. The molecule has 0 radical (unpaired) electrons. The molecule has 1 aliphatic carbocycles. The van der Waals surface area contributed by atoms with E-state index in [1.165, 1.54) is 0 Å². The summed E-state index contributed by atoms with van der Waals surface area (Å²) in [5.41, 5.74) is 1.88. The average Bonchev–Trinajstić information content (AvgIpc) is 3.11. The molecule has 50 heavy (non-hydrogen) atoms. The van der Waals surface area contributed by atoms with Gasteiger partial charge in [0.25, 0.3) is 0 Å². The van der Waals surface area contributed by atoms with Crippen LogP contribution in [0.5, 0.6) is 0 Å². The van der Waals surface area contributed by atoms with Gasteiger partial charge in [0.1, 0.15) is 11.8 Å². The Kier molecular flexibility index (Phi) is 17.7. The number of carboxylic acids is 2. The summed E-state index contributed by atoms with van der Waals surface area (Å²) in [5, 5.41) is 26.4. The van der Waals surface area contributed by atoms with Crippen LogP contribution in [0.25, 0.3) is 0 Å². The maximum atomic E-state index is 13.5. The van der Waals surface area contributed by atoms with Crippen LogP contribution in [0.4, 0.5) is 0 Å². The zero-order valence-electron chi connectivity index (χ0n) is 28.9. The zero-order valence-corrected chi connectivity index (χ0v) is 28.9. The summed E-state index contributed by atoms with van der Waals surface area (Å²) in [7, 11) is 0. The van der Waals surface area contributed by atoms with Crippen LogP contribution < -0.4 is 16.0 Å². The summed E-state index contributed by atoms with van der Waals surface area (Å²) in [6.07, 6.45) is 6.94. The second-order valence-electron chi connectivity index (χ2n) is 13.3. The first-order valence-electron chi connectivity index (χ1n) is 18.0. The quantitative estimate of drug-likeness (QED) is 0.103. The number of hydrogen-bond acceptors (Lipinski definition) is 6. The summed E-state index contributed by atoms with van der Waals surface area (Å²) in [6, 6.07) is 18.3. The molecule has 0 spiro atoms. The second-order valence-corrected chi connectivity index (χ2v) is 13.3. The highest BCUT2D eigenvalue weighted by Gasteiger charge is 2.33. The number of aliphatic carboxylic acids is 2. The van der Waals surface area contributed by atoms with Crippen LogP contribution in [0, 0.1) is 17.8 Å². The van der Waals surface area contributed by atoms with Gasteiger partial charge in [-0.25, -0.2) is 0 Å². The molecule has 1 aliphatic rings. The predicted molar refractivity (Wildman–Crippen MR) is 189 cm³/mol. The fourth-order valence-corrected chi connectivity index (χ4v) is 6.44. The van der Waals surface area contributed by atoms with E-state index in [4.69, 9.17) is 10.2 Å². The number of carboxylic acid groups (broad SMARTS) is 2. The molecule has 11 heteroatoms. The molecule has 1 saturated carbocycles. The Bertz CT molecular complexity index is 1270. The van der Waals surface area contributed by atoms with E-state index >= 15 is 0 Å². The zero-order chi connectivity index (χ0) is 36.1. The third kappa shape index (κ3) is 15.3. The van der Waals surface area contributed by atoms with Crippen molar-refractivity contribution in [2.75, 3.05) is 13.1 Å². The molecule has 0 aromatic heterocycles. The van der Waals surface area contributed by atoms with E-state index in [2.05, 4.69) is 16.0 Å². The van der Waals surface area contributed by atoms with Gasteiger partial charge in [0.2, 0.25) is 17.7 Å². The number of carbonyl (C=O) groups excluding carboxylic acids is 4. The lowest BCUT2D eigenvalue weighted by atomic mass is 9.77. The minimum atomic E-state index is -0.840. The molecule has 272 valence electrons. The van der Waals surface area contributed by atoms with Crippen LogP contribution in [0.15, 0.2) is 60.7 Å². The van der Waals surface area contributed by atoms with Crippen molar-refractivity contribution in [2.45, 2.75) is 102 Å². The number of hydrogen-bond donors (Lipinski definition) is 5. The van der Waals surface area contributed by atoms with Crippen molar-refractivity contribution in [3.8, 4) is 0 Å². The van der Waals surface area contributed by atoms with Gasteiger partial charge in [-0.2, -0.15) is 0 Å². The van der Waals surface area contributed by atoms with Gasteiger partial charge in [-0.1, -0.05) is 73.5 Å². The van der Waals surface area contributed by atoms with E-state index in [1.54, 1.807) is 0 Å². The minimum absolute atomic E-state index is 0.0195. The molecule has 0 saturated heterocycles. The van der Waals surface area contributed by atoms with Crippen LogP contribution in [-0.4, -0.2) is 64.8 Å². The lowest BCUT2D eigenvalue weighted by molar-refractivity contribution is -0.138. The number of amides is 3. The Balaban J connectivity index is 1.52. The van der Waals surface area contributed by atoms with Crippen LogP contribution in [0.1, 0.15) is 94.6 Å². The van der Waals surface area contributed by atoms with E-state index in [-0.39, 0.29) is 54.6 Å². The molecule has 3 rings (SSSR count). The van der Waals surface area contributed by atoms with Crippen molar-refractivity contribution >= 4 is 35.4 Å². The van der Waals surface area contributed by atoms with Crippen molar-refractivity contribution in [3.63, 3.8) is 0 Å². The number of nitrogens with one attached hydrogen (secondary N) is 3. The first-order chi connectivity index (χ1) is 24.1. The number of benzene rings is 2. The molecule has 0 bridgehead atoms. The SMILES string of the molecule is O=C(O)CCCCCNC(=O)C(CC(=O)C1CCC(C(=O)NC(Cc2ccccc2)C(=O)NCCCCCC(=O)O)CC1)Cc1ccccc1. The number of unbranched alkanes of at least 4 members (excludes halogenated alkanes) is 4. The summed E-state index contributed by atoms with van der Waals surface area (Å²) in [6.45, 7) is 0.817. The summed E-state index contributed by atoms with van der Waals surface area (Å²) < 4.78 is 0. The van der Waals surface area contributed by atoms with E-state index in [9.17, 15) is 28.8 Å². The number of Topliss-reactive ketones (excluding diaryl/α,β-unsaturated/α-hetero) is 1. The second kappa shape index (κ2) is 22.2. The van der Waals surface area contributed by atoms with Crippen molar-refractivity contribution in [1.29, 1.82) is 0 Å². The number of ketones is 1. The molecule has 5 N–H and O–H groups in total. The molecular formula is C39H53N3O8. The van der Waals surface area contributed by atoms with Gasteiger partial charge in [-0.3, -0.25) is 28.8 Å². The maximum absolute atomic E-state index is 13.5. The molecular weight excluding hydrogens is 638 g/mol. The normalized spacial score (nSPS) is 16.8. The topological polar surface area (TPSA) is 179 Å². The van der Waals surface area contributed by atoms with Gasteiger partial charge in [0.15, 0.2) is 0 Å². The molecule has 11 nitrogen and oxygen atoms in total. The first kappa shape index (κ1) is 39.9. The van der Waals surface area contributed by atoms with E-state index in [0.29, 0.717) is 90.1 Å². The Morgan fingerprint density at radius 1 is 0.600 bits per heavy atom. The van der Waals surface area contributed by atoms with E-state index in [0.717, 1.165) is 11.1 Å². The molecule has 2 aromatic rings. The Morgan fingerprint density at radius 3 is 1.60 bits per heavy atom. The number of rotatable bonds is 23. The standard InChI is InChI=1S/C39H53N3O8/c43-34(27-32(25-28-13-5-1-6-14-28)37(48)40-23-11-3-9-17-35(44)45)30-19-21-31(22-20-30)38(49)42-33(26-29-15-7-2-8-16-29)39(50)41-24-12-4-10-18-36(46)47/h1-2,5-8,13-16,30-33H,3-4,9-12,17-27H2,(H,40,48)(H,41,50)(H,42,49)(H,44,45)(H,46,47). The summed E-state index contributed by atoms with van der Waals surface area (Å²) in [4.78, 5) is 74.8. The van der Waals surface area contributed by atoms with Crippen molar-refractivity contribution < 1.29 is 39.0 Å². The van der Waals surface area contributed by atoms with Gasteiger partial charge in [0, 0.05) is 56.5 Å². The molecule has 0 heterocycles. The van der Waals surface area contributed by atoms with Gasteiger partial charge in [-0.05, 0) is 68.9 Å². The fraction of sp³-hybridized carbons (Fsp3) is 0.538. The van der Waals surface area contributed by atoms with Crippen molar-refractivity contribution in [3.05, 3.63) is 71.8 Å². The van der Waals surface area contributed by atoms with Gasteiger partial charge < -0.3 is 26.2 Å². The highest BCUT2D eigenvalue weighted by atomic mass is 16.4. The Morgan fingerprint density at radius 2 is 1.08 bits per heavy atom. The average molecular weight is 692 g/mol. The van der Waals surface area contributed by atoms with Crippen LogP contribution in [-0.2, 0) is 41.6 Å². The predicted octanol–water partition coefficient (Wildman–Crippen LogP) is 4.86. The molecule has 3 amide bonds. The maximum Gasteiger partial charge on any atom is 0.303 e. The highest BCUT2D eigenvalue weighted by molar-refractivity contribution is 5.90. The lowest BCUT2D eigenvalue weighted by Gasteiger charge is -2.29. The van der Waals surface area contributed by atoms with Gasteiger partial charge in [0.05, 0.1) is 0 Å². The minimum Gasteiger partial charge on any atom is -0.481 e. The molecule has 2 atom stereocenters. The smallest absolute Gasteiger partial charge is 0.303 e. The monoisotopic (exact) mass is 691 g/mol. The van der Waals surface area contributed by atoms with Crippen LogP contribution in [0.2, 0.25) is 0 Å². The molecule has 2 aromatic carbocycles. The largest absolute Gasteiger partial charge is 0.481 e. The summed E-state index contributed by atoms with van der Waals surface area (Å²) in [5.74, 6) is -3.43. The van der Waals surface area contributed by atoms with Crippen LogP contribution in [0.3, 0.4) is 0 Å². The van der Waals surface area contributed by atoms with Crippen LogP contribution >= 0.6 is 0 Å². The molecule has 0 aliphatic heterocycles. The number of carbonyl (C=O) groups is 6. The summed E-state index contributed by atoms with van der Waals surface area (Å²) >= 11 is 0. The Labute approximate surface area is 295 Å². The lowest BCUT2D eigenvalue weighted by Crippen LogP contribution is -2.50. The third-order valence-electron chi connectivity index (χ3n) is 9.35. The van der Waals surface area contributed by atoms with Crippen molar-refractivity contribution in [1.82, 2.24) is 16.0 Å². The molecule has 1 fully saturated rings. The van der Waals surface area contributed by atoms with Gasteiger partial charge >= 0.3 is 11.9 Å². The fourth-order valence-electron chi connectivity index (χ4n) is 6.44. The van der Waals surface area contributed by atoms with Gasteiger partial charge in [-0.15, -0.1) is 0 Å². The van der Waals surface area contributed by atoms with Crippen molar-refractivity contribution in [2.24, 2.45) is 17.8 Å². The first-order valence-corrected chi connectivity index (χ1v) is 18.0. The van der Waals surface area contributed by atoms with E-state index in [1.807, 2.05) is 60.7 Å². The molecule has 2 unspecified atom stereocenters. The van der Waals surface area contributed by atoms with E-state index < -0.39 is 23.9 Å². The highest BCUT2D eigenvalue weighted by Crippen LogP contribution is 2.31.